The summed E-state index contributed by atoms with van der Waals surface area (Å²) < 4.78 is 12.7. The van der Waals surface area contributed by atoms with Gasteiger partial charge in [0, 0.05) is 51.3 Å². The molecule has 1 fully saturated rings. The number of aryl methyl sites for hydroxylation is 1. The number of carbonyl (C=O) groups is 1. The third-order valence-corrected chi connectivity index (χ3v) is 7.07. The van der Waals surface area contributed by atoms with E-state index in [4.69, 9.17) is 14.5 Å². The number of nitrogens with zero attached hydrogens (tertiary/aromatic N) is 4. The number of carbonyl (C=O) groups excluding carboxylic acids is 1. The summed E-state index contributed by atoms with van der Waals surface area (Å²) in [4.78, 5) is 35.2. The van der Waals surface area contributed by atoms with Gasteiger partial charge >= 0.3 is 0 Å². The second kappa shape index (κ2) is 9.87. The Morgan fingerprint density at radius 1 is 0.914 bits per heavy atom. The smallest absolute Gasteiger partial charge is 0.261 e. The van der Waals surface area contributed by atoms with Gasteiger partial charge in [-0.05, 0) is 48.7 Å². The quantitative estimate of drug-likeness (QED) is 0.554. The van der Waals surface area contributed by atoms with Gasteiger partial charge in [0.05, 0.1) is 10.9 Å². The van der Waals surface area contributed by atoms with Gasteiger partial charge in [0.2, 0.25) is 6.79 Å². The lowest BCUT2D eigenvalue weighted by atomic mass is 10.1. The second-order valence-corrected chi connectivity index (χ2v) is 9.28. The highest BCUT2D eigenvalue weighted by atomic mass is 35.5. The summed E-state index contributed by atoms with van der Waals surface area (Å²) in [6.07, 6.45) is 3.99. The van der Waals surface area contributed by atoms with Crippen LogP contribution in [0.3, 0.4) is 0 Å². The van der Waals surface area contributed by atoms with E-state index in [1.54, 1.807) is 18.2 Å². The molecule has 35 heavy (non-hydrogen) atoms. The minimum Gasteiger partial charge on any atom is -0.454 e. The van der Waals surface area contributed by atoms with Crippen molar-refractivity contribution < 1.29 is 14.3 Å². The molecule has 0 N–H and O–H groups in total. The average molecular weight is 497 g/mol. The van der Waals surface area contributed by atoms with Crippen LogP contribution in [-0.4, -0.2) is 58.2 Å². The highest BCUT2D eigenvalue weighted by Gasteiger charge is 2.24. The van der Waals surface area contributed by atoms with Crippen LogP contribution in [0, 0.1) is 0 Å². The fourth-order valence-corrected chi connectivity index (χ4v) is 5.14. The number of rotatable bonds is 3. The van der Waals surface area contributed by atoms with E-state index in [0.717, 1.165) is 69.2 Å². The number of fused-ring (bicyclic) bond motifs is 3. The number of benzene rings is 2. The molecule has 184 valence electrons. The molecule has 3 aromatic rings. The molecule has 0 radical (unpaired) electrons. The fraction of sp³-hybridized carbons (Fsp3) is 0.423. The number of aromatic nitrogens is 2. The van der Waals surface area contributed by atoms with Gasteiger partial charge in [0.25, 0.3) is 11.5 Å². The zero-order valence-electron chi connectivity index (χ0n) is 19.6. The largest absolute Gasteiger partial charge is 0.454 e. The minimum atomic E-state index is 0. The van der Waals surface area contributed by atoms with Crippen molar-refractivity contribution in [1.29, 1.82) is 0 Å². The van der Waals surface area contributed by atoms with E-state index in [1.165, 1.54) is 5.56 Å². The number of amides is 1. The molecule has 0 bridgehead atoms. The molecule has 0 spiro atoms. The molecule has 8 nitrogen and oxygen atoms in total. The minimum absolute atomic E-state index is 0. The molecule has 0 aliphatic carbocycles. The van der Waals surface area contributed by atoms with E-state index in [9.17, 15) is 9.59 Å². The Morgan fingerprint density at radius 3 is 2.60 bits per heavy atom. The summed E-state index contributed by atoms with van der Waals surface area (Å²) in [5, 5.41) is 0.593. The van der Waals surface area contributed by atoms with Crippen LogP contribution < -0.4 is 15.0 Å². The van der Waals surface area contributed by atoms with Crippen molar-refractivity contribution in [2.24, 2.45) is 0 Å². The van der Waals surface area contributed by atoms with Crippen LogP contribution in [-0.2, 0) is 19.5 Å². The Bertz CT molecular complexity index is 1320. The predicted molar refractivity (Wildman–Crippen MR) is 135 cm³/mol. The fourth-order valence-electron chi connectivity index (χ4n) is 5.14. The topological polar surface area (TPSA) is 76.9 Å². The van der Waals surface area contributed by atoms with Crippen molar-refractivity contribution in [1.82, 2.24) is 19.4 Å². The van der Waals surface area contributed by atoms with Crippen molar-refractivity contribution in [3.63, 3.8) is 0 Å². The maximum absolute atomic E-state index is 13.2. The first kappa shape index (κ1) is 23.6. The molecule has 6 rings (SSSR count). The first-order chi connectivity index (χ1) is 16.7. The van der Waals surface area contributed by atoms with Crippen molar-refractivity contribution in [2.45, 2.75) is 38.8 Å². The normalized spacial score (nSPS) is 17.5. The molecule has 9 heteroatoms. The molecule has 2 aromatic carbocycles. The lowest BCUT2D eigenvalue weighted by molar-refractivity contribution is 0.0628. The molecule has 1 amide bonds. The standard InChI is InChI=1S/C26H28N4O4.ClH/c31-25(19-6-7-20-21(15-19)27-24-4-2-1-3-9-30(24)26(20)32)29-12-10-28(11-13-29)16-18-5-8-22-23(14-18)34-17-33-22;/h5-8,14-15H,1-4,9-13,16-17H2;1H. The van der Waals surface area contributed by atoms with Crippen LogP contribution in [0.2, 0.25) is 0 Å². The van der Waals surface area contributed by atoms with Crippen LogP contribution in [0.15, 0.2) is 41.2 Å². The van der Waals surface area contributed by atoms with Gasteiger partial charge in [0.1, 0.15) is 5.82 Å². The van der Waals surface area contributed by atoms with Crippen molar-refractivity contribution >= 4 is 29.2 Å². The molecule has 3 aliphatic rings. The van der Waals surface area contributed by atoms with E-state index in [2.05, 4.69) is 11.0 Å². The lowest BCUT2D eigenvalue weighted by Gasteiger charge is -2.34. The third kappa shape index (κ3) is 4.60. The Kier molecular flexibility index (Phi) is 6.67. The van der Waals surface area contributed by atoms with Crippen molar-refractivity contribution in [3.05, 3.63) is 63.7 Å². The van der Waals surface area contributed by atoms with E-state index < -0.39 is 0 Å². The van der Waals surface area contributed by atoms with Crippen LogP contribution in [0.1, 0.15) is 41.0 Å². The molecule has 1 saturated heterocycles. The van der Waals surface area contributed by atoms with E-state index in [1.807, 2.05) is 21.6 Å². The number of ether oxygens (including phenoxy) is 2. The average Bonchev–Trinajstić information content (AvgIpc) is 3.20. The summed E-state index contributed by atoms with van der Waals surface area (Å²) >= 11 is 0. The summed E-state index contributed by atoms with van der Waals surface area (Å²) in [7, 11) is 0. The maximum atomic E-state index is 13.2. The van der Waals surface area contributed by atoms with Gasteiger partial charge < -0.3 is 14.4 Å². The van der Waals surface area contributed by atoms with E-state index in [-0.39, 0.29) is 30.7 Å². The third-order valence-electron chi connectivity index (χ3n) is 7.07. The van der Waals surface area contributed by atoms with Gasteiger partial charge in [0.15, 0.2) is 11.5 Å². The van der Waals surface area contributed by atoms with Crippen LogP contribution in [0.4, 0.5) is 0 Å². The molecule has 1 aromatic heterocycles. The molecule has 0 atom stereocenters. The number of halogens is 1. The molecular formula is C26H29ClN4O4. The predicted octanol–water partition coefficient (Wildman–Crippen LogP) is 3.23. The van der Waals surface area contributed by atoms with E-state index in [0.29, 0.717) is 29.6 Å². The zero-order chi connectivity index (χ0) is 23.1. The maximum Gasteiger partial charge on any atom is 0.261 e. The van der Waals surface area contributed by atoms with E-state index >= 15 is 0 Å². The number of piperazine rings is 1. The molecule has 3 aliphatic heterocycles. The molecule has 0 saturated carbocycles. The Balaban J connectivity index is 0.00000253. The van der Waals surface area contributed by atoms with Gasteiger partial charge in [-0.2, -0.15) is 0 Å². The number of hydrogen-bond acceptors (Lipinski definition) is 6. The first-order valence-corrected chi connectivity index (χ1v) is 12.1. The summed E-state index contributed by atoms with van der Waals surface area (Å²) in [5.41, 5.74) is 2.42. The summed E-state index contributed by atoms with van der Waals surface area (Å²) in [5.74, 6) is 2.44. The van der Waals surface area contributed by atoms with Crippen molar-refractivity contribution in [2.75, 3.05) is 33.0 Å². The summed E-state index contributed by atoms with van der Waals surface area (Å²) in [6, 6.07) is 11.4. The zero-order valence-corrected chi connectivity index (χ0v) is 20.4. The SMILES string of the molecule is Cl.O=C(c1ccc2c(=O)n3c(nc2c1)CCCCC3)N1CCN(Cc2ccc3c(c2)OCO3)CC1. The second-order valence-electron chi connectivity index (χ2n) is 9.28. The van der Waals surface area contributed by atoms with Crippen molar-refractivity contribution in [3.8, 4) is 11.5 Å². The lowest BCUT2D eigenvalue weighted by Crippen LogP contribution is -2.48. The van der Waals surface area contributed by atoms with Gasteiger partial charge in [-0.3, -0.25) is 19.1 Å². The van der Waals surface area contributed by atoms with Crippen LogP contribution in [0.5, 0.6) is 11.5 Å². The Labute approximate surface area is 209 Å². The highest BCUT2D eigenvalue weighted by Crippen LogP contribution is 2.33. The highest BCUT2D eigenvalue weighted by molar-refractivity contribution is 5.97. The molecular weight excluding hydrogens is 468 g/mol. The monoisotopic (exact) mass is 496 g/mol. The van der Waals surface area contributed by atoms with Crippen LogP contribution >= 0.6 is 12.4 Å². The number of hydrogen-bond donors (Lipinski definition) is 0. The Hall–Kier alpha value is -3.10. The Morgan fingerprint density at radius 2 is 1.74 bits per heavy atom. The van der Waals surface area contributed by atoms with Gasteiger partial charge in [-0.1, -0.05) is 12.5 Å². The van der Waals surface area contributed by atoms with Crippen LogP contribution in [0.25, 0.3) is 10.9 Å². The van der Waals surface area contributed by atoms with Gasteiger partial charge in [-0.25, -0.2) is 4.98 Å². The first-order valence-electron chi connectivity index (χ1n) is 12.1. The summed E-state index contributed by atoms with van der Waals surface area (Å²) in [6.45, 7) is 4.77. The molecule has 4 heterocycles. The molecule has 0 unspecified atom stereocenters. The van der Waals surface area contributed by atoms with Gasteiger partial charge in [-0.15, -0.1) is 12.4 Å².